The molecule has 0 amide bonds. The second kappa shape index (κ2) is 10.2. The van der Waals surface area contributed by atoms with Gasteiger partial charge in [-0.25, -0.2) is 31.9 Å². The molecule has 2 aliphatic rings. The first kappa shape index (κ1) is 26.5. The molecule has 0 atom stereocenters. The molecule has 1 aromatic carbocycles. The Hall–Kier alpha value is -3.09. The molecule has 2 fully saturated rings. The summed E-state index contributed by atoms with van der Waals surface area (Å²) in [6.45, 7) is 2.52. The molecule has 0 spiro atoms. The van der Waals surface area contributed by atoms with Crippen LogP contribution in [-0.4, -0.2) is 67.9 Å². The second-order valence-corrected chi connectivity index (χ2v) is 12.6. The summed E-state index contributed by atoms with van der Waals surface area (Å²) >= 11 is 0. The number of aromatic nitrogens is 4. The molecule has 204 valence electrons. The van der Waals surface area contributed by atoms with Crippen molar-refractivity contribution >= 4 is 16.0 Å². The second-order valence-electron chi connectivity index (χ2n) is 10.6. The molecule has 5 rings (SSSR count). The maximum atomic E-state index is 13.7. The zero-order valence-electron chi connectivity index (χ0n) is 21.5. The van der Waals surface area contributed by atoms with E-state index in [1.807, 2.05) is 6.92 Å². The average Bonchev–Trinajstić information content (AvgIpc) is 3.22. The Morgan fingerprint density at radius 1 is 1.08 bits per heavy atom. The van der Waals surface area contributed by atoms with Crippen LogP contribution in [0.25, 0.3) is 17.1 Å². The Labute approximate surface area is 221 Å². The molecule has 3 aromatic rings. The molecule has 0 bridgehead atoms. The van der Waals surface area contributed by atoms with E-state index in [4.69, 9.17) is 4.98 Å². The predicted molar refractivity (Wildman–Crippen MR) is 142 cm³/mol. The van der Waals surface area contributed by atoms with Crippen molar-refractivity contribution in [1.82, 2.24) is 23.4 Å². The largest absolute Gasteiger partial charge is 0.390 e. The van der Waals surface area contributed by atoms with Crippen LogP contribution < -0.4 is 11.0 Å². The minimum absolute atomic E-state index is 0.134. The molecule has 0 unspecified atom stereocenters. The van der Waals surface area contributed by atoms with E-state index in [0.29, 0.717) is 61.8 Å². The molecule has 1 aliphatic carbocycles. The maximum absolute atomic E-state index is 13.7. The summed E-state index contributed by atoms with van der Waals surface area (Å²) in [6, 6.07) is 7.37. The molecule has 1 saturated heterocycles. The van der Waals surface area contributed by atoms with Gasteiger partial charge in [0.05, 0.1) is 28.9 Å². The average molecular weight is 545 g/mol. The third kappa shape index (κ3) is 5.67. The summed E-state index contributed by atoms with van der Waals surface area (Å²) in [5, 5.41) is 13.6. The van der Waals surface area contributed by atoms with Crippen molar-refractivity contribution < 1.29 is 17.9 Å². The molecular formula is C26H33FN6O4S. The zero-order chi connectivity index (χ0) is 27.1. The van der Waals surface area contributed by atoms with Gasteiger partial charge in [0, 0.05) is 37.6 Å². The Balaban J connectivity index is 1.48. The third-order valence-corrected chi connectivity index (χ3v) is 8.90. The summed E-state index contributed by atoms with van der Waals surface area (Å²) in [5.74, 6) is 0.0252. The Bertz CT molecular complexity index is 1450. The van der Waals surface area contributed by atoms with Crippen molar-refractivity contribution in [3.63, 3.8) is 0 Å². The number of aliphatic hydroxyl groups is 1. The monoisotopic (exact) mass is 544 g/mol. The van der Waals surface area contributed by atoms with Gasteiger partial charge >= 0.3 is 5.69 Å². The van der Waals surface area contributed by atoms with Gasteiger partial charge in [-0.3, -0.25) is 9.13 Å². The number of rotatable bonds is 6. The van der Waals surface area contributed by atoms with Crippen LogP contribution in [0.2, 0.25) is 0 Å². The summed E-state index contributed by atoms with van der Waals surface area (Å²) in [4.78, 5) is 22.8. The highest BCUT2D eigenvalue weighted by atomic mass is 32.2. The summed E-state index contributed by atoms with van der Waals surface area (Å²) < 4.78 is 42.2. The highest BCUT2D eigenvalue weighted by Crippen LogP contribution is 2.30. The van der Waals surface area contributed by atoms with Gasteiger partial charge < -0.3 is 10.4 Å². The number of sulfonamides is 1. The molecular weight excluding hydrogens is 511 g/mol. The SMILES string of the molecule is CC1(O)CCC(Nc2nccc(-c3cn(C4CCN(S(C)(=O)=O)CC4)c(=O)n3-c3ccc(F)cc3)n2)CC1. The molecule has 0 radical (unpaired) electrons. The molecule has 1 aliphatic heterocycles. The number of piperidine rings is 1. The predicted octanol–water partition coefficient (Wildman–Crippen LogP) is 2.94. The van der Waals surface area contributed by atoms with E-state index < -0.39 is 21.4 Å². The molecule has 12 heteroatoms. The van der Waals surface area contributed by atoms with Gasteiger partial charge in [0.1, 0.15) is 5.82 Å². The van der Waals surface area contributed by atoms with Crippen molar-refractivity contribution in [3.05, 3.63) is 59.0 Å². The van der Waals surface area contributed by atoms with Crippen LogP contribution >= 0.6 is 0 Å². The number of halogens is 1. The minimum Gasteiger partial charge on any atom is -0.390 e. The summed E-state index contributed by atoms with van der Waals surface area (Å²) in [6.07, 6.45) is 8.54. The summed E-state index contributed by atoms with van der Waals surface area (Å²) in [5.41, 5.74) is 0.614. The van der Waals surface area contributed by atoms with Gasteiger partial charge in [-0.2, -0.15) is 0 Å². The van der Waals surface area contributed by atoms with Crippen molar-refractivity contribution in [2.45, 2.75) is 63.1 Å². The number of nitrogens with one attached hydrogen (secondary N) is 1. The lowest BCUT2D eigenvalue weighted by Gasteiger charge is -2.33. The number of hydrogen-bond donors (Lipinski definition) is 2. The Kier molecular flexibility index (Phi) is 7.14. The molecule has 3 heterocycles. The molecule has 2 aromatic heterocycles. The third-order valence-electron chi connectivity index (χ3n) is 7.60. The lowest BCUT2D eigenvalue weighted by molar-refractivity contribution is 0.0195. The number of anilines is 1. The van der Waals surface area contributed by atoms with E-state index in [1.165, 1.54) is 27.3 Å². The fraction of sp³-hybridized carbons (Fsp3) is 0.500. The van der Waals surface area contributed by atoms with Crippen molar-refractivity contribution in [2.75, 3.05) is 24.7 Å². The number of nitrogens with zero attached hydrogens (tertiary/aromatic N) is 5. The van der Waals surface area contributed by atoms with Crippen LogP contribution in [0.15, 0.2) is 47.5 Å². The topological polar surface area (TPSA) is 122 Å². The fourth-order valence-corrected chi connectivity index (χ4v) is 6.21. The van der Waals surface area contributed by atoms with Gasteiger partial charge in [-0.05, 0) is 75.8 Å². The van der Waals surface area contributed by atoms with E-state index in [9.17, 15) is 22.7 Å². The number of benzene rings is 1. The first-order valence-electron chi connectivity index (χ1n) is 12.9. The molecule has 2 N–H and O–H groups in total. The smallest absolute Gasteiger partial charge is 0.333 e. The quantitative estimate of drug-likeness (QED) is 0.489. The molecule has 38 heavy (non-hydrogen) atoms. The van der Waals surface area contributed by atoms with E-state index in [1.54, 1.807) is 35.2 Å². The minimum atomic E-state index is -3.29. The van der Waals surface area contributed by atoms with Crippen LogP contribution in [0.1, 0.15) is 51.5 Å². The lowest BCUT2D eigenvalue weighted by atomic mass is 9.84. The Morgan fingerprint density at radius 3 is 2.37 bits per heavy atom. The molecule has 1 saturated carbocycles. The maximum Gasteiger partial charge on any atom is 0.333 e. The fourth-order valence-electron chi connectivity index (χ4n) is 5.33. The zero-order valence-corrected chi connectivity index (χ0v) is 22.4. The van der Waals surface area contributed by atoms with Gasteiger partial charge in [-0.15, -0.1) is 0 Å². The molecule has 10 nitrogen and oxygen atoms in total. The van der Waals surface area contributed by atoms with Gasteiger partial charge in [0.15, 0.2) is 0 Å². The number of imidazole rings is 1. The Morgan fingerprint density at radius 2 is 1.74 bits per heavy atom. The van der Waals surface area contributed by atoms with Gasteiger partial charge in [0.25, 0.3) is 0 Å². The number of hydrogen-bond acceptors (Lipinski definition) is 7. The van der Waals surface area contributed by atoms with Crippen molar-refractivity contribution in [1.29, 1.82) is 0 Å². The van der Waals surface area contributed by atoms with Gasteiger partial charge in [0.2, 0.25) is 16.0 Å². The van der Waals surface area contributed by atoms with Crippen LogP contribution in [-0.2, 0) is 10.0 Å². The van der Waals surface area contributed by atoms with Crippen LogP contribution in [0, 0.1) is 5.82 Å². The van der Waals surface area contributed by atoms with E-state index >= 15 is 0 Å². The van der Waals surface area contributed by atoms with Crippen molar-refractivity contribution in [2.24, 2.45) is 0 Å². The lowest BCUT2D eigenvalue weighted by Crippen LogP contribution is -2.40. The van der Waals surface area contributed by atoms with E-state index in [2.05, 4.69) is 10.3 Å². The van der Waals surface area contributed by atoms with E-state index in [0.717, 1.165) is 12.8 Å². The van der Waals surface area contributed by atoms with E-state index in [-0.39, 0.29) is 17.8 Å². The van der Waals surface area contributed by atoms with Crippen LogP contribution in [0.3, 0.4) is 0 Å². The highest BCUT2D eigenvalue weighted by Gasteiger charge is 2.30. The van der Waals surface area contributed by atoms with Crippen LogP contribution in [0.4, 0.5) is 10.3 Å². The van der Waals surface area contributed by atoms with Gasteiger partial charge in [-0.1, -0.05) is 0 Å². The van der Waals surface area contributed by atoms with Crippen molar-refractivity contribution in [3.8, 4) is 17.1 Å². The highest BCUT2D eigenvalue weighted by molar-refractivity contribution is 7.88. The standard InChI is InChI=1S/C26H33FN6O4S/c1-26(35)12-7-19(8-13-26)29-24-28-14-9-22(30-24)23-17-32(20-10-15-31(16-11-20)38(2,36)37)25(34)33(23)21-5-3-18(27)4-6-21/h3-6,9,14,17,19-20,35H,7-8,10-13,15-16H2,1-2H3,(H,28,29,30). The van der Waals surface area contributed by atoms with Crippen LogP contribution in [0.5, 0.6) is 0 Å². The first-order chi connectivity index (χ1) is 18.0. The first-order valence-corrected chi connectivity index (χ1v) is 14.7. The normalized spacial score (nSPS) is 23.4. The summed E-state index contributed by atoms with van der Waals surface area (Å²) in [7, 11) is -3.29.